The normalized spacial score (nSPS) is 12.6. The molecule has 0 aliphatic carbocycles. The van der Waals surface area contributed by atoms with Crippen molar-refractivity contribution in [1.29, 1.82) is 5.26 Å². The maximum Gasteiger partial charge on any atom is 0.349 e. The van der Waals surface area contributed by atoms with Gasteiger partial charge in [0.05, 0.1) is 6.61 Å². The average molecular weight is 377 g/mol. The molecule has 0 spiro atoms. The van der Waals surface area contributed by atoms with Gasteiger partial charge in [-0.3, -0.25) is 0 Å². The number of ether oxygens (including phenoxy) is 1. The summed E-state index contributed by atoms with van der Waals surface area (Å²) < 4.78 is 5.52. The average Bonchev–Trinajstić information content (AvgIpc) is 2.73. The van der Waals surface area contributed by atoms with E-state index < -0.39 is 5.97 Å². The molecular formula is C24H27NO3. The van der Waals surface area contributed by atoms with Crippen LogP contribution in [0.2, 0.25) is 0 Å². The van der Waals surface area contributed by atoms with Crippen molar-refractivity contribution >= 4 is 11.5 Å². The second kappa shape index (κ2) is 10.9. The Morgan fingerprint density at radius 3 is 2.29 bits per heavy atom. The first-order valence-electron chi connectivity index (χ1n) is 9.77. The number of phenolic OH excluding ortho intramolecular Hbond substituents is 1. The number of carbonyl (C=O) groups excluding carboxylic acids is 1. The summed E-state index contributed by atoms with van der Waals surface area (Å²) in [7, 11) is 0. The number of nitriles is 1. The number of phenols is 1. The number of benzene rings is 2. The van der Waals surface area contributed by atoms with Crippen molar-refractivity contribution in [3.8, 4) is 11.8 Å². The summed E-state index contributed by atoms with van der Waals surface area (Å²) in [5.74, 6) is -0.180. The molecule has 4 nitrogen and oxygen atoms in total. The van der Waals surface area contributed by atoms with Gasteiger partial charge in [0.2, 0.25) is 0 Å². The van der Waals surface area contributed by atoms with Crippen molar-refractivity contribution in [2.45, 2.75) is 39.5 Å². The van der Waals surface area contributed by atoms with Gasteiger partial charge < -0.3 is 9.84 Å². The third-order valence-electron chi connectivity index (χ3n) is 4.78. The van der Waals surface area contributed by atoms with Crippen LogP contribution >= 0.6 is 0 Å². The molecular weight excluding hydrogens is 350 g/mol. The molecule has 0 aromatic heterocycles. The number of rotatable bonds is 9. The lowest BCUT2D eigenvalue weighted by atomic mass is 9.93. The maximum absolute atomic E-state index is 12.8. The lowest BCUT2D eigenvalue weighted by Crippen LogP contribution is -2.16. The first kappa shape index (κ1) is 21.2. The number of nitrogens with zero attached hydrogens (tertiary/aromatic N) is 1. The lowest BCUT2D eigenvalue weighted by Gasteiger charge is -2.16. The summed E-state index contributed by atoms with van der Waals surface area (Å²) in [4.78, 5) is 12.8. The van der Waals surface area contributed by atoms with E-state index in [0.29, 0.717) is 23.7 Å². The highest BCUT2D eigenvalue weighted by molar-refractivity contribution is 6.05. The van der Waals surface area contributed by atoms with E-state index in [9.17, 15) is 15.2 Å². The number of unbranched alkanes of at least 4 members (excludes halogenated alkanes) is 1. The summed E-state index contributed by atoms with van der Waals surface area (Å²) in [6.45, 7) is 4.54. The van der Waals surface area contributed by atoms with Crippen molar-refractivity contribution in [3.05, 3.63) is 71.3 Å². The zero-order chi connectivity index (χ0) is 20.4. The fourth-order valence-electron chi connectivity index (χ4n) is 3.06. The summed E-state index contributed by atoms with van der Waals surface area (Å²) in [5, 5.41) is 19.3. The van der Waals surface area contributed by atoms with E-state index in [4.69, 9.17) is 4.74 Å². The molecule has 28 heavy (non-hydrogen) atoms. The molecule has 4 heteroatoms. The molecule has 0 radical (unpaired) electrons. The predicted octanol–water partition coefficient (Wildman–Crippen LogP) is 5.48. The monoisotopic (exact) mass is 377 g/mol. The summed E-state index contributed by atoms with van der Waals surface area (Å²) in [6, 6.07) is 17.8. The molecule has 1 atom stereocenters. The Balaban J connectivity index is 2.37. The largest absolute Gasteiger partial charge is 0.508 e. The second-order valence-electron chi connectivity index (χ2n) is 6.79. The Bertz CT molecular complexity index is 832. The minimum absolute atomic E-state index is 0.0257. The molecule has 0 saturated heterocycles. The van der Waals surface area contributed by atoms with Crippen LogP contribution < -0.4 is 0 Å². The highest BCUT2D eigenvalue weighted by Crippen LogP contribution is 2.29. The summed E-state index contributed by atoms with van der Waals surface area (Å²) in [5.41, 5.74) is 1.91. The predicted molar refractivity (Wildman–Crippen MR) is 110 cm³/mol. The van der Waals surface area contributed by atoms with Gasteiger partial charge in [-0.05, 0) is 35.6 Å². The Hall–Kier alpha value is -3.06. The van der Waals surface area contributed by atoms with E-state index in [-0.39, 0.29) is 11.3 Å². The van der Waals surface area contributed by atoms with Crippen LogP contribution in [-0.4, -0.2) is 17.7 Å². The molecule has 1 unspecified atom stereocenters. The van der Waals surface area contributed by atoms with Gasteiger partial charge in [-0.15, -0.1) is 0 Å². The smallest absolute Gasteiger partial charge is 0.349 e. The van der Waals surface area contributed by atoms with Crippen LogP contribution in [0.25, 0.3) is 5.57 Å². The zero-order valence-electron chi connectivity index (χ0n) is 16.5. The highest BCUT2D eigenvalue weighted by atomic mass is 16.5. The fourth-order valence-corrected chi connectivity index (χ4v) is 3.06. The Morgan fingerprint density at radius 1 is 1.07 bits per heavy atom. The molecule has 2 rings (SSSR count). The Labute approximate surface area is 167 Å². The van der Waals surface area contributed by atoms with Crippen LogP contribution in [0, 0.1) is 17.2 Å². The zero-order valence-corrected chi connectivity index (χ0v) is 16.5. The second-order valence-corrected chi connectivity index (χ2v) is 6.79. The summed E-state index contributed by atoms with van der Waals surface area (Å²) in [6.07, 6.45) is 4.14. The maximum atomic E-state index is 12.8. The molecule has 0 fully saturated rings. The SMILES string of the molecule is CCCCC(CC)COC(=O)/C(C#N)=C(\c1ccccc1)c1ccc(O)cc1. The molecule has 1 N–H and O–H groups in total. The fraction of sp³-hybridized carbons (Fsp3) is 0.333. The van der Waals surface area contributed by atoms with Crippen LogP contribution in [0.3, 0.4) is 0 Å². The third kappa shape index (κ3) is 5.72. The molecule has 0 bridgehead atoms. The van der Waals surface area contributed by atoms with E-state index >= 15 is 0 Å². The summed E-state index contributed by atoms with van der Waals surface area (Å²) >= 11 is 0. The third-order valence-corrected chi connectivity index (χ3v) is 4.78. The first-order chi connectivity index (χ1) is 13.6. The first-order valence-corrected chi connectivity index (χ1v) is 9.77. The van der Waals surface area contributed by atoms with Gasteiger partial charge in [0.1, 0.15) is 17.4 Å². The molecule has 0 heterocycles. The van der Waals surface area contributed by atoms with E-state index in [0.717, 1.165) is 31.2 Å². The van der Waals surface area contributed by atoms with Gasteiger partial charge >= 0.3 is 5.97 Å². The standard InChI is InChI=1S/C24H27NO3/c1-3-5-9-18(4-2)17-28-24(27)22(16-25)23(19-10-7-6-8-11-19)20-12-14-21(26)15-13-20/h6-8,10-15,18,26H,3-5,9,17H2,1-2H3/b23-22+. The van der Waals surface area contributed by atoms with E-state index in [1.54, 1.807) is 12.1 Å². The quantitative estimate of drug-likeness (QED) is 0.357. The minimum Gasteiger partial charge on any atom is -0.508 e. The van der Waals surface area contributed by atoms with Crippen molar-refractivity contribution in [2.24, 2.45) is 5.92 Å². The van der Waals surface area contributed by atoms with Gasteiger partial charge in [0.25, 0.3) is 0 Å². The number of hydrogen-bond acceptors (Lipinski definition) is 4. The van der Waals surface area contributed by atoms with Crippen molar-refractivity contribution < 1.29 is 14.6 Å². The van der Waals surface area contributed by atoms with Gasteiger partial charge in [-0.1, -0.05) is 75.6 Å². The molecule has 2 aromatic carbocycles. The molecule has 0 aliphatic heterocycles. The molecule has 0 amide bonds. The molecule has 0 aliphatic rings. The number of esters is 1. The topological polar surface area (TPSA) is 70.3 Å². The van der Waals surface area contributed by atoms with Crippen molar-refractivity contribution in [1.82, 2.24) is 0 Å². The molecule has 2 aromatic rings. The molecule has 0 saturated carbocycles. The number of aromatic hydroxyl groups is 1. The van der Waals surface area contributed by atoms with Crippen LogP contribution in [0.5, 0.6) is 5.75 Å². The Kier molecular flexibility index (Phi) is 8.30. The lowest BCUT2D eigenvalue weighted by molar-refractivity contribution is -0.139. The van der Waals surface area contributed by atoms with E-state index in [1.807, 2.05) is 36.4 Å². The van der Waals surface area contributed by atoms with Gasteiger partial charge in [0, 0.05) is 5.57 Å². The van der Waals surface area contributed by atoms with Gasteiger partial charge in [0.15, 0.2) is 0 Å². The van der Waals surface area contributed by atoms with Gasteiger partial charge in [-0.2, -0.15) is 5.26 Å². The van der Waals surface area contributed by atoms with Crippen molar-refractivity contribution in [3.63, 3.8) is 0 Å². The minimum atomic E-state index is -0.607. The van der Waals surface area contributed by atoms with Crippen LogP contribution in [0.1, 0.15) is 50.7 Å². The van der Waals surface area contributed by atoms with E-state index in [2.05, 4.69) is 13.8 Å². The van der Waals surface area contributed by atoms with E-state index in [1.165, 1.54) is 12.1 Å². The van der Waals surface area contributed by atoms with Crippen LogP contribution in [0.15, 0.2) is 60.2 Å². The number of carbonyl (C=O) groups is 1. The van der Waals surface area contributed by atoms with Gasteiger partial charge in [-0.25, -0.2) is 4.79 Å². The Morgan fingerprint density at radius 2 is 1.71 bits per heavy atom. The van der Waals surface area contributed by atoms with Crippen LogP contribution in [0.4, 0.5) is 0 Å². The molecule has 146 valence electrons. The van der Waals surface area contributed by atoms with Crippen LogP contribution in [-0.2, 0) is 9.53 Å². The highest BCUT2D eigenvalue weighted by Gasteiger charge is 2.21. The van der Waals surface area contributed by atoms with Crippen molar-refractivity contribution in [2.75, 3.05) is 6.61 Å². The number of hydrogen-bond donors (Lipinski definition) is 1.